The van der Waals surface area contributed by atoms with Gasteiger partial charge in [-0.3, -0.25) is 9.59 Å². The van der Waals surface area contributed by atoms with Gasteiger partial charge in [-0.05, 0) is 27.2 Å². The molecule has 0 unspecified atom stereocenters. The normalized spacial score (nSPS) is 16.1. The maximum absolute atomic E-state index is 11.4. The van der Waals surface area contributed by atoms with Crippen LogP contribution in [0.1, 0.15) is 47.5 Å². The Kier molecular flexibility index (Phi) is 5.90. The lowest BCUT2D eigenvalue weighted by atomic mass is 10.0. The Morgan fingerprint density at radius 3 is 2.27 bits per heavy atom. The van der Waals surface area contributed by atoms with Gasteiger partial charge < -0.3 is 4.90 Å². The highest BCUT2D eigenvalue weighted by atomic mass is 16.2. The summed E-state index contributed by atoms with van der Waals surface area (Å²) < 4.78 is 0. The fourth-order valence-corrected chi connectivity index (χ4v) is 1.46. The summed E-state index contributed by atoms with van der Waals surface area (Å²) in [6.07, 6.45) is 1.37. The van der Waals surface area contributed by atoms with Crippen molar-refractivity contribution >= 4 is 11.7 Å². The van der Waals surface area contributed by atoms with Crippen LogP contribution < -0.4 is 0 Å². The number of amides is 1. The molecule has 0 aromatic rings. The van der Waals surface area contributed by atoms with Crippen LogP contribution in [0.5, 0.6) is 0 Å². The second-order valence-corrected chi connectivity index (χ2v) is 3.55. The Balaban J connectivity index is 0.000000921. The Bertz CT molecular complexity index is 279. The van der Waals surface area contributed by atoms with Gasteiger partial charge >= 0.3 is 0 Å². The molecule has 15 heavy (non-hydrogen) atoms. The number of carbonyl (C=O) groups excluding carboxylic acids is 2. The molecule has 1 aliphatic heterocycles. The molecule has 1 heterocycles. The molecule has 0 saturated heterocycles. The van der Waals surface area contributed by atoms with Crippen LogP contribution in [0.4, 0.5) is 0 Å². The summed E-state index contributed by atoms with van der Waals surface area (Å²) in [5.41, 5.74) is 2.16. The van der Waals surface area contributed by atoms with Crippen molar-refractivity contribution in [2.24, 2.45) is 0 Å². The molecule has 0 fully saturated rings. The Morgan fingerprint density at radius 2 is 1.80 bits per heavy atom. The first-order valence-corrected chi connectivity index (χ1v) is 5.48. The summed E-state index contributed by atoms with van der Waals surface area (Å²) >= 11 is 0. The monoisotopic (exact) mass is 211 g/mol. The van der Waals surface area contributed by atoms with Crippen LogP contribution in [0.3, 0.4) is 0 Å². The molecule has 0 atom stereocenters. The highest BCUT2D eigenvalue weighted by Gasteiger charge is 2.22. The summed E-state index contributed by atoms with van der Waals surface area (Å²) in [4.78, 5) is 23.9. The molecule has 0 aromatic carbocycles. The van der Waals surface area contributed by atoms with Crippen molar-refractivity contribution < 1.29 is 9.59 Å². The minimum atomic E-state index is 0.0300. The largest absolute Gasteiger partial charge is 0.309 e. The Morgan fingerprint density at radius 1 is 1.27 bits per heavy atom. The average Bonchev–Trinajstić information content (AvgIpc) is 2.21. The fourth-order valence-electron chi connectivity index (χ4n) is 1.46. The van der Waals surface area contributed by atoms with Crippen LogP contribution >= 0.6 is 0 Å². The molecule has 1 rings (SSSR count). The van der Waals surface area contributed by atoms with Crippen molar-refractivity contribution in [2.45, 2.75) is 47.5 Å². The number of allylic oxidation sites excluding steroid dienone is 2. The molecule has 0 saturated carbocycles. The smallest absolute Gasteiger partial charge is 0.227 e. The number of hydrogen-bond donors (Lipinski definition) is 0. The van der Waals surface area contributed by atoms with E-state index in [1.54, 1.807) is 4.90 Å². The summed E-state index contributed by atoms with van der Waals surface area (Å²) in [6, 6.07) is 0. The van der Waals surface area contributed by atoms with Gasteiger partial charge in [-0.25, -0.2) is 0 Å². The lowest BCUT2D eigenvalue weighted by Gasteiger charge is -2.28. The number of carbonyl (C=O) groups is 2. The van der Waals surface area contributed by atoms with Crippen molar-refractivity contribution in [3.8, 4) is 0 Å². The second kappa shape index (κ2) is 6.38. The average molecular weight is 211 g/mol. The zero-order valence-corrected chi connectivity index (χ0v) is 10.4. The molecule has 0 spiro atoms. The minimum absolute atomic E-state index is 0.0300. The molecule has 3 nitrogen and oxygen atoms in total. The molecular formula is C12H21NO2. The number of Topliss-reactive ketones (excluding diaryl/α,β-unsaturated/α-hetero) is 1. The van der Waals surface area contributed by atoms with E-state index in [1.165, 1.54) is 12.5 Å². The predicted octanol–water partition coefficient (Wildman–Crippen LogP) is 2.52. The van der Waals surface area contributed by atoms with Gasteiger partial charge in [0.2, 0.25) is 5.91 Å². The predicted molar refractivity (Wildman–Crippen MR) is 61.4 cm³/mol. The summed E-state index contributed by atoms with van der Waals surface area (Å²) in [5, 5.41) is 0. The van der Waals surface area contributed by atoms with E-state index in [2.05, 4.69) is 0 Å². The second-order valence-electron chi connectivity index (χ2n) is 3.55. The number of nitrogens with zero attached hydrogens (tertiary/aromatic N) is 1. The van der Waals surface area contributed by atoms with Crippen LogP contribution in [0.15, 0.2) is 11.3 Å². The fraction of sp³-hybridized carbons (Fsp3) is 0.667. The van der Waals surface area contributed by atoms with Gasteiger partial charge in [-0.15, -0.1) is 0 Å². The van der Waals surface area contributed by atoms with Crippen LogP contribution in [0.25, 0.3) is 0 Å². The van der Waals surface area contributed by atoms with Crippen LogP contribution in [-0.2, 0) is 9.59 Å². The Labute approximate surface area is 92.1 Å². The first-order chi connectivity index (χ1) is 7.02. The standard InChI is InChI=1S/C10H15NO2.C2H6/c1-7-4-5-10(13)11(9(7)3)6-8(2)12;1-2/h4-6H2,1-3H3;1-2H3. The lowest BCUT2D eigenvalue weighted by Crippen LogP contribution is -2.36. The zero-order valence-electron chi connectivity index (χ0n) is 10.4. The number of rotatable bonds is 2. The lowest BCUT2D eigenvalue weighted by molar-refractivity contribution is -0.133. The zero-order chi connectivity index (χ0) is 12.0. The molecule has 3 heteroatoms. The molecule has 0 aliphatic carbocycles. The van der Waals surface area contributed by atoms with Crippen LogP contribution in [0, 0.1) is 0 Å². The van der Waals surface area contributed by atoms with E-state index >= 15 is 0 Å². The van der Waals surface area contributed by atoms with E-state index in [-0.39, 0.29) is 18.2 Å². The third kappa shape index (κ3) is 3.86. The van der Waals surface area contributed by atoms with Gasteiger partial charge in [-0.2, -0.15) is 0 Å². The topological polar surface area (TPSA) is 37.4 Å². The van der Waals surface area contributed by atoms with Crippen molar-refractivity contribution in [1.29, 1.82) is 0 Å². The number of ketones is 1. The van der Waals surface area contributed by atoms with E-state index < -0.39 is 0 Å². The van der Waals surface area contributed by atoms with Gasteiger partial charge in [0.1, 0.15) is 5.78 Å². The molecule has 0 aromatic heterocycles. The molecule has 86 valence electrons. The van der Waals surface area contributed by atoms with Gasteiger partial charge in [0.15, 0.2) is 0 Å². The maximum Gasteiger partial charge on any atom is 0.227 e. The third-order valence-corrected chi connectivity index (χ3v) is 2.42. The van der Waals surface area contributed by atoms with E-state index in [9.17, 15) is 9.59 Å². The first kappa shape index (κ1) is 13.9. The highest BCUT2D eigenvalue weighted by Crippen LogP contribution is 2.21. The molecule has 0 bridgehead atoms. The van der Waals surface area contributed by atoms with Crippen LogP contribution in [0.2, 0.25) is 0 Å². The molecule has 1 aliphatic rings. The highest BCUT2D eigenvalue weighted by molar-refractivity contribution is 5.86. The minimum Gasteiger partial charge on any atom is -0.309 e. The number of hydrogen-bond acceptors (Lipinski definition) is 2. The summed E-state index contributed by atoms with van der Waals surface area (Å²) in [5.74, 6) is 0.0979. The van der Waals surface area contributed by atoms with E-state index in [1.807, 2.05) is 27.7 Å². The van der Waals surface area contributed by atoms with Crippen molar-refractivity contribution in [2.75, 3.05) is 6.54 Å². The molecule has 0 radical (unpaired) electrons. The van der Waals surface area contributed by atoms with E-state index in [0.29, 0.717) is 6.42 Å². The van der Waals surface area contributed by atoms with Gasteiger partial charge in [-0.1, -0.05) is 19.4 Å². The first-order valence-electron chi connectivity index (χ1n) is 5.48. The third-order valence-electron chi connectivity index (χ3n) is 2.42. The molecular weight excluding hydrogens is 190 g/mol. The molecule has 1 amide bonds. The van der Waals surface area contributed by atoms with Crippen molar-refractivity contribution in [1.82, 2.24) is 4.90 Å². The van der Waals surface area contributed by atoms with E-state index in [0.717, 1.165) is 12.1 Å². The summed E-state index contributed by atoms with van der Waals surface area (Å²) in [6.45, 7) is 9.64. The maximum atomic E-state index is 11.4. The molecule has 0 N–H and O–H groups in total. The quantitative estimate of drug-likeness (QED) is 0.703. The van der Waals surface area contributed by atoms with E-state index in [4.69, 9.17) is 0 Å². The van der Waals surface area contributed by atoms with Gasteiger partial charge in [0.05, 0.1) is 6.54 Å². The van der Waals surface area contributed by atoms with Gasteiger partial charge in [0.25, 0.3) is 0 Å². The van der Waals surface area contributed by atoms with Gasteiger partial charge in [0, 0.05) is 12.1 Å². The SMILES string of the molecule is CC.CC(=O)CN1C(=O)CCC(C)=C1C. The van der Waals surface area contributed by atoms with Crippen molar-refractivity contribution in [3.63, 3.8) is 0 Å². The van der Waals surface area contributed by atoms with Crippen LogP contribution in [-0.4, -0.2) is 23.1 Å². The summed E-state index contributed by atoms with van der Waals surface area (Å²) in [7, 11) is 0. The Hall–Kier alpha value is -1.12. The van der Waals surface area contributed by atoms with Crippen molar-refractivity contribution in [3.05, 3.63) is 11.3 Å².